The van der Waals surface area contributed by atoms with E-state index in [0.29, 0.717) is 22.0 Å². The van der Waals surface area contributed by atoms with Crippen molar-refractivity contribution in [3.8, 4) is 11.3 Å². The zero-order chi connectivity index (χ0) is 28.5. The van der Waals surface area contributed by atoms with Gasteiger partial charge in [0.1, 0.15) is 11.0 Å². The Morgan fingerprint density at radius 3 is 2.18 bits per heavy atom. The average Bonchev–Trinajstić information content (AvgIpc) is 3.38. The number of pyridine rings is 1. The first-order chi connectivity index (χ1) is 18.4. The monoisotopic (exact) mass is 557 g/mol. The summed E-state index contributed by atoms with van der Waals surface area (Å²) in [6.07, 6.45) is 6.73. The molecule has 7 heteroatoms. The average molecular weight is 558 g/mol. The van der Waals surface area contributed by atoms with Gasteiger partial charge in [-0.15, -0.1) is 0 Å². The van der Waals surface area contributed by atoms with Gasteiger partial charge in [0.05, 0.1) is 10.7 Å². The molecule has 1 saturated heterocycles. The second-order valence-electron chi connectivity index (χ2n) is 8.25. The minimum Gasteiger partial charge on any atom is -0.322 e. The lowest BCUT2D eigenvalue weighted by atomic mass is 10.1. The maximum atomic E-state index is 12.7. The third-order valence-electron chi connectivity index (χ3n) is 5.47. The second-order valence-corrected chi connectivity index (χ2v) is 10.1. The predicted octanol–water partition coefficient (Wildman–Crippen LogP) is 9.09. The molecule has 1 fully saturated rings. The Morgan fingerprint density at radius 2 is 1.66 bits per heavy atom. The number of aryl methyl sites for hydroxylation is 1. The van der Waals surface area contributed by atoms with E-state index < -0.39 is 11.0 Å². The molecule has 4 rings (SSSR count). The van der Waals surface area contributed by atoms with Crippen LogP contribution in [0.1, 0.15) is 83.1 Å². The molecule has 5 nitrogen and oxygen atoms in total. The molecule has 38 heavy (non-hydrogen) atoms. The van der Waals surface area contributed by atoms with Crippen LogP contribution in [0.5, 0.6) is 0 Å². The largest absolute Gasteiger partial charge is 0.322 e. The van der Waals surface area contributed by atoms with Gasteiger partial charge < -0.3 is 5.32 Å². The van der Waals surface area contributed by atoms with Crippen LogP contribution in [-0.4, -0.2) is 27.4 Å². The van der Waals surface area contributed by atoms with E-state index in [9.17, 15) is 9.00 Å². The van der Waals surface area contributed by atoms with Crippen molar-refractivity contribution in [1.82, 2.24) is 4.98 Å². The minimum absolute atomic E-state index is 0.218. The standard InChI is InChI=1S/C22H20ClN3O2S.C5H12.2C2H6/c1-15-9-10-24-21(13-15)19-14-17(5-8-20(19)23)25-22(27)16-3-6-18(7-4-16)26-11-2-12-29(26)28;1-3-5-4-2;2*1-2/h3-10,13-14H,2,11-12H2,1H3,(H,25,27);3-5H2,1-2H3;2*1-2H3. The smallest absolute Gasteiger partial charge is 0.255 e. The van der Waals surface area contributed by atoms with Gasteiger partial charge in [-0.05, 0) is 73.5 Å². The molecule has 208 valence electrons. The Morgan fingerprint density at radius 1 is 1.00 bits per heavy atom. The first-order valence-electron chi connectivity index (χ1n) is 13.7. The van der Waals surface area contributed by atoms with Gasteiger partial charge in [0.15, 0.2) is 0 Å². The molecule has 2 aromatic carbocycles. The van der Waals surface area contributed by atoms with Crippen molar-refractivity contribution in [2.45, 2.75) is 74.1 Å². The van der Waals surface area contributed by atoms with Gasteiger partial charge in [-0.3, -0.25) is 14.1 Å². The molecule has 0 spiro atoms. The van der Waals surface area contributed by atoms with Crippen LogP contribution in [0, 0.1) is 6.92 Å². The van der Waals surface area contributed by atoms with E-state index in [1.54, 1.807) is 30.5 Å². The number of hydrogen-bond donors (Lipinski definition) is 1. The predicted molar refractivity (Wildman–Crippen MR) is 167 cm³/mol. The van der Waals surface area contributed by atoms with Crippen molar-refractivity contribution < 1.29 is 9.00 Å². The lowest BCUT2D eigenvalue weighted by molar-refractivity contribution is 0.102. The molecule has 0 bridgehead atoms. The summed E-state index contributed by atoms with van der Waals surface area (Å²) in [5.74, 6) is 0.473. The normalized spacial score (nSPS) is 13.7. The molecule has 1 aromatic heterocycles. The van der Waals surface area contributed by atoms with Crippen molar-refractivity contribution in [3.05, 3.63) is 76.9 Å². The highest BCUT2D eigenvalue weighted by molar-refractivity contribution is 7.86. The molecule has 2 heterocycles. The van der Waals surface area contributed by atoms with E-state index in [1.165, 1.54) is 19.3 Å². The van der Waals surface area contributed by atoms with Gasteiger partial charge in [-0.25, -0.2) is 4.21 Å². The lowest BCUT2D eigenvalue weighted by Crippen LogP contribution is -2.19. The van der Waals surface area contributed by atoms with Gasteiger partial charge in [0.2, 0.25) is 0 Å². The number of carbonyl (C=O) groups is 1. The number of amides is 1. The highest BCUT2D eigenvalue weighted by Crippen LogP contribution is 2.30. The zero-order valence-corrected chi connectivity index (χ0v) is 25.6. The Balaban J connectivity index is 0.000000709. The van der Waals surface area contributed by atoms with Gasteiger partial charge in [0, 0.05) is 41.0 Å². The maximum Gasteiger partial charge on any atom is 0.255 e. The van der Waals surface area contributed by atoms with Crippen LogP contribution in [0.15, 0.2) is 60.8 Å². The first-order valence-corrected chi connectivity index (χ1v) is 15.4. The van der Waals surface area contributed by atoms with E-state index in [4.69, 9.17) is 11.6 Å². The van der Waals surface area contributed by atoms with E-state index >= 15 is 0 Å². The number of unbranched alkanes of at least 4 members (excludes halogenated alkanes) is 2. The third-order valence-corrected chi connectivity index (χ3v) is 7.32. The molecular formula is C31H44ClN3O2S. The quantitative estimate of drug-likeness (QED) is 0.328. The van der Waals surface area contributed by atoms with Crippen LogP contribution < -0.4 is 9.62 Å². The number of hydrogen-bond acceptors (Lipinski definition) is 3. The Hall–Kier alpha value is -2.70. The van der Waals surface area contributed by atoms with Crippen LogP contribution in [0.2, 0.25) is 5.02 Å². The fraction of sp³-hybridized carbons (Fsp3) is 0.419. The number of nitrogens with zero attached hydrogens (tertiary/aromatic N) is 2. The highest BCUT2D eigenvalue weighted by atomic mass is 35.5. The number of nitrogens with one attached hydrogen (secondary N) is 1. The van der Waals surface area contributed by atoms with E-state index in [2.05, 4.69) is 24.1 Å². The molecule has 1 N–H and O–H groups in total. The number of halogens is 1. The maximum absolute atomic E-state index is 12.7. The Kier molecular flexibility index (Phi) is 16.3. The fourth-order valence-electron chi connectivity index (χ4n) is 3.61. The topological polar surface area (TPSA) is 62.3 Å². The summed E-state index contributed by atoms with van der Waals surface area (Å²) >= 11 is 6.35. The number of rotatable bonds is 6. The number of anilines is 2. The van der Waals surface area contributed by atoms with Crippen molar-refractivity contribution in [3.63, 3.8) is 0 Å². The molecule has 0 saturated carbocycles. The molecule has 3 aromatic rings. The Bertz CT molecular complexity index is 1130. The molecule has 1 amide bonds. The van der Waals surface area contributed by atoms with Crippen molar-refractivity contribution in [2.24, 2.45) is 0 Å². The van der Waals surface area contributed by atoms with Crippen LogP contribution in [0.3, 0.4) is 0 Å². The summed E-state index contributed by atoms with van der Waals surface area (Å²) < 4.78 is 13.8. The first kappa shape index (κ1) is 33.3. The third kappa shape index (κ3) is 10.2. The van der Waals surface area contributed by atoms with Crippen LogP contribution in [-0.2, 0) is 11.0 Å². The van der Waals surface area contributed by atoms with Gasteiger partial charge in [-0.1, -0.05) is 72.4 Å². The summed E-state index contributed by atoms with van der Waals surface area (Å²) in [7, 11) is -0.971. The molecule has 1 aliphatic heterocycles. The van der Waals surface area contributed by atoms with Crippen molar-refractivity contribution in [2.75, 3.05) is 21.9 Å². The molecule has 1 atom stereocenters. The lowest BCUT2D eigenvalue weighted by Gasteiger charge is -2.16. The van der Waals surface area contributed by atoms with Crippen molar-refractivity contribution >= 4 is 39.9 Å². The fourth-order valence-corrected chi connectivity index (χ4v) is 5.11. The second kappa shape index (κ2) is 18.5. The number of carbonyl (C=O) groups excluding carboxylic acids is 1. The molecule has 1 unspecified atom stereocenters. The summed E-state index contributed by atoms with van der Waals surface area (Å²) in [6, 6.07) is 16.4. The van der Waals surface area contributed by atoms with Gasteiger partial charge >= 0.3 is 0 Å². The molecule has 0 radical (unpaired) electrons. The summed E-state index contributed by atoms with van der Waals surface area (Å²) in [5, 5.41) is 3.48. The summed E-state index contributed by atoms with van der Waals surface area (Å²) in [6.45, 7) is 15.2. The van der Waals surface area contributed by atoms with E-state index in [-0.39, 0.29) is 5.91 Å². The van der Waals surface area contributed by atoms with Crippen LogP contribution in [0.25, 0.3) is 11.3 Å². The summed E-state index contributed by atoms with van der Waals surface area (Å²) in [4.78, 5) is 17.0. The SMILES string of the molecule is CC.CC.CCCCC.Cc1ccnc(-c2cc(NC(=O)c3ccc(N4CCCS4=O)cc3)ccc2Cl)c1. The molecular weight excluding hydrogens is 514 g/mol. The van der Waals surface area contributed by atoms with Crippen LogP contribution in [0.4, 0.5) is 11.4 Å². The Labute approximate surface area is 237 Å². The minimum atomic E-state index is -0.971. The summed E-state index contributed by atoms with van der Waals surface area (Å²) in [5.41, 5.74) is 4.65. The molecule has 1 aliphatic rings. The number of benzene rings is 2. The van der Waals surface area contributed by atoms with Crippen LogP contribution >= 0.6 is 11.6 Å². The number of aromatic nitrogens is 1. The van der Waals surface area contributed by atoms with Gasteiger partial charge in [-0.2, -0.15) is 0 Å². The van der Waals surface area contributed by atoms with Crippen molar-refractivity contribution in [1.29, 1.82) is 0 Å². The highest BCUT2D eigenvalue weighted by Gasteiger charge is 2.20. The van der Waals surface area contributed by atoms with E-state index in [1.807, 2.05) is 69.3 Å². The van der Waals surface area contributed by atoms with E-state index in [0.717, 1.165) is 35.5 Å². The zero-order valence-electron chi connectivity index (χ0n) is 24.0. The molecule has 0 aliphatic carbocycles. The van der Waals surface area contributed by atoms with Gasteiger partial charge in [0.25, 0.3) is 5.91 Å².